The van der Waals surface area contributed by atoms with E-state index in [4.69, 9.17) is 4.74 Å². The van der Waals surface area contributed by atoms with Gasteiger partial charge in [0.25, 0.3) is 0 Å². The average molecular weight is 344 g/mol. The summed E-state index contributed by atoms with van der Waals surface area (Å²) in [6.07, 6.45) is 0.811. The third-order valence-electron chi connectivity index (χ3n) is 4.27. The molecule has 0 aliphatic carbocycles. The van der Waals surface area contributed by atoms with Gasteiger partial charge in [0, 0.05) is 6.42 Å². The van der Waals surface area contributed by atoms with E-state index in [0.717, 1.165) is 26.1 Å². The summed E-state index contributed by atoms with van der Waals surface area (Å²) < 4.78 is 5.36. The average Bonchev–Trinajstić information content (AvgIpc) is 2.54. The first-order valence-corrected chi connectivity index (χ1v) is 8.25. The zero-order valence-electron chi connectivity index (χ0n) is 14.6. The predicted molar refractivity (Wildman–Crippen MR) is 87.7 cm³/mol. The standard InChI is InChI=1S/C18H29NO3.ClH/c1-5-19(6-2)13-10-14-22-17(20)18(21,15(3)4)16-11-8-7-9-12-16;/h7-9,11-12,15,21H,5-6,10,13-14H2,1-4H3;1H. The number of aliphatic hydroxyl groups is 1. The van der Waals surface area contributed by atoms with Crippen molar-refractivity contribution in [3.8, 4) is 0 Å². The van der Waals surface area contributed by atoms with Crippen LogP contribution in [0.5, 0.6) is 0 Å². The molecule has 0 aliphatic heterocycles. The number of quaternary nitrogens is 1. The minimum Gasteiger partial charge on any atom is -1.00 e. The van der Waals surface area contributed by atoms with Crippen molar-refractivity contribution in [1.29, 1.82) is 0 Å². The van der Waals surface area contributed by atoms with Crippen LogP contribution < -0.4 is 17.3 Å². The Morgan fingerprint density at radius 2 is 1.78 bits per heavy atom. The summed E-state index contributed by atoms with van der Waals surface area (Å²) in [5.41, 5.74) is -0.993. The Morgan fingerprint density at radius 1 is 1.22 bits per heavy atom. The van der Waals surface area contributed by atoms with E-state index < -0.39 is 11.6 Å². The Hall–Kier alpha value is -1.10. The molecule has 0 bridgehead atoms. The van der Waals surface area contributed by atoms with Crippen molar-refractivity contribution in [2.24, 2.45) is 5.92 Å². The maximum atomic E-state index is 12.4. The minimum absolute atomic E-state index is 0. The van der Waals surface area contributed by atoms with Gasteiger partial charge in [-0.15, -0.1) is 0 Å². The largest absolute Gasteiger partial charge is 1.00 e. The molecule has 1 unspecified atom stereocenters. The third kappa shape index (κ3) is 5.79. The summed E-state index contributed by atoms with van der Waals surface area (Å²) in [6, 6.07) is 9.03. The van der Waals surface area contributed by atoms with Crippen molar-refractivity contribution in [1.82, 2.24) is 0 Å². The molecule has 2 N–H and O–H groups in total. The van der Waals surface area contributed by atoms with Gasteiger partial charge >= 0.3 is 5.97 Å². The van der Waals surface area contributed by atoms with Gasteiger partial charge in [0.1, 0.15) is 0 Å². The molecule has 0 fully saturated rings. The number of nitrogens with one attached hydrogen (secondary N) is 1. The monoisotopic (exact) mass is 343 g/mol. The summed E-state index contributed by atoms with van der Waals surface area (Å²) in [6.45, 7) is 11.4. The first kappa shape index (κ1) is 21.9. The fourth-order valence-electron chi connectivity index (χ4n) is 2.58. The Labute approximate surface area is 146 Å². The molecule has 0 saturated carbocycles. The van der Waals surface area contributed by atoms with E-state index in [-0.39, 0.29) is 18.3 Å². The van der Waals surface area contributed by atoms with Crippen LogP contribution in [0.15, 0.2) is 30.3 Å². The van der Waals surface area contributed by atoms with Crippen molar-refractivity contribution in [2.45, 2.75) is 39.7 Å². The van der Waals surface area contributed by atoms with E-state index >= 15 is 0 Å². The van der Waals surface area contributed by atoms with Crippen molar-refractivity contribution in [3.63, 3.8) is 0 Å². The predicted octanol–water partition coefficient (Wildman–Crippen LogP) is -1.61. The van der Waals surface area contributed by atoms with E-state index in [0.29, 0.717) is 12.2 Å². The smallest absolute Gasteiger partial charge is 0.343 e. The second kappa shape index (κ2) is 10.6. The van der Waals surface area contributed by atoms with Crippen LogP contribution in [-0.4, -0.2) is 37.3 Å². The summed E-state index contributed by atoms with van der Waals surface area (Å²) in [5.74, 6) is -0.806. The van der Waals surface area contributed by atoms with Gasteiger partial charge in [-0.2, -0.15) is 0 Å². The van der Waals surface area contributed by atoms with Gasteiger partial charge < -0.3 is 27.2 Å². The molecule has 0 spiro atoms. The number of rotatable bonds is 9. The highest BCUT2D eigenvalue weighted by Gasteiger charge is 2.42. The summed E-state index contributed by atoms with van der Waals surface area (Å²) >= 11 is 0. The van der Waals surface area contributed by atoms with Crippen LogP contribution in [0.4, 0.5) is 0 Å². The zero-order chi connectivity index (χ0) is 16.6. The van der Waals surface area contributed by atoms with Crippen LogP contribution in [0.1, 0.15) is 39.7 Å². The highest BCUT2D eigenvalue weighted by atomic mass is 35.5. The number of benzene rings is 1. The molecule has 0 radical (unpaired) electrons. The van der Waals surface area contributed by atoms with Crippen LogP contribution in [0.25, 0.3) is 0 Å². The van der Waals surface area contributed by atoms with Crippen molar-refractivity contribution < 1.29 is 31.9 Å². The number of hydrogen-bond donors (Lipinski definition) is 2. The zero-order valence-corrected chi connectivity index (χ0v) is 15.4. The molecule has 0 aromatic heterocycles. The molecule has 0 heterocycles. The Bertz CT molecular complexity index is 449. The first-order chi connectivity index (χ1) is 10.5. The van der Waals surface area contributed by atoms with Gasteiger partial charge in [-0.25, -0.2) is 4.79 Å². The molecule has 0 amide bonds. The van der Waals surface area contributed by atoms with E-state index in [2.05, 4.69) is 13.8 Å². The van der Waals surface area contributed by atoms with E-state index in [1.54, 1.807) is 12.1 Å². The maximum absolute atomic E-state index is 12.4. The quantitative estimate of drug-likeness (QED) is 0.419. The highest BCUT2D eigenvalue weighted by molar-refractivity contribution is 5.81. The molecule has 132 valence electrons. The van der Waals surface area contributed by atoms with E-state index in [1.807, 2.05) is 32.0 Å². The molecule has 1 aromatic rings. The molecule has 0 aliphatic rings. The SMILES string of the molecule is CC[NH+](CC)CCCOC(=O)C(O)(c1ccccc1)C(C)C.[Cl-]. The van der Waals surface area contributed by atoms with Crippen LogP contribution in [-0.2, 0) is 15.1 Å². The van der Waals surface area contributed by atoms with Crippen molar-refractivity contribution >= 4 is 5.97 Å². The van der Waals surface area contributed by atoms with Gasteiger partial charge in [-0.05, 0) is 25.3 Å². The number of carbonyl (C=O) groups is 1. The number of hydrogen-bond acceptors (Lipinski definition) is 3. The molecule has 4 nitrogen and oxygen atoms in total. The van der Waals surface area contributed by atoms with Gasteiger partial charge in [0.15, 0.2) is 5.60 Å². The maximum Gasteiger partial charge on any atom is 0.343 e. The minimum atomic E-state index is -1.58. The first-order valence-electron chi connectivity index (χ1n) is 8.25. The fourth-order valence-corrected chi connectivity index (χ4v) is 2.58. The molecular weight excluding hydrogens is 314 g/mol. The number of carbonyl (C=O) groups excluding carboxylic acids is 1. The molecule has 23 heavy (non-hydrogen) atoms. The Morgan fingerprint density at radius 3 is 2.26 bits per heavy atom. The lowest BCUT2D eigenvalue weighted by Crippen LogP contribution is -3.11. The van der Waals surface area contributed by atoms with Gasteiger partial charge in [0.2, 0.25) is 0 Å². The molecule has 1 atom stereocenters. The fraction of sp³-hybridized carbons (Fsp3) is 0.611. The van der Waals surface area contributed by atoms with Crippen molar-refractivity contribution in [3.05, 3.63) is 35.9 Å². The Kier molecular flexibility index (Phi) is 10.1. The normalized spacial score (nSPS) is 13.5. The van der Waals surface area contributed by atoms with E-state index in [1.165, 1.54) is 4.90 Å². The van der Waals surface area contributed by atoms with Crippen LogP contribution in [0, 0.1) is 5.92 Å². The number of halogens is 1. The summed E-state index contributed by atoms with van der Waals surface area (Å²) in [5, 5.41) is 10.8. The van der Waals surface area contributed by atoms with Crippen LogP contribution in [0.2, 0.25) is 0 Å². The number of esters is 1. The Balaban J connectivity index is 0.00000484. The van der Waals surface area contributed by atoms with Crippen LogP contribution in [0.3, 0.4) is 0 Å². The molecule has 1 aromatic carbocycles. The molecule has 0 saturated heterocycles. The second-order valence-electron chi connectivity index (χ2n) is 5.98. The number of ether oxygens (including phenoxy) is 1. The van der Waals surface area contributed by atoms with Gasteiger partial charge in [-0.3, -0.25) is 0 Å². The topological polar surface area (TPSA) is 51.0 Å². The second-order valence-corrected chi connectivity index (χ2v) is 5.98. The highest BCUT2D eigenvalue weighted by Crippen LogP contribution is 2.30. The molecule has 5 heteroatoms. The van der Waals surface area contributed by atoms with Crippen molar-refractivity contribution in [2.75, 3.05) is 26.2 Å². The lowest BCUT2D eigenvalue weighted by Gasteiger charge is -2.30. The van der Waals surface area contributed by atoms with Gasteiger partial charge in [0.05, 0.1) is 26.2 Å². The third-order valence-corrected chi connectivity index (χ3v) is 4.27. The van der Waals surface area contributed by atoms with Crippen LogP contribution >= 0.6 is 0 Å². The molecule has 1 rings (SSSR count). The lowest BCUT2D eigenvalue weighted by molar-refractivity contribution is -0.896. The lowest BCUT2D eigenvalue weighted by atomic mass is 9.83. The van der Waals surface area contributed by atoms with E-state index in [9.17, 15) is 9.90 Å². The summed E-state index contributed by atoms with van der Waals surface area (Å²) in [4.78, 5) is 13.9. The summed E-state index contributed by atoms with van der Waals surface area (Å²) in [7, 11) is 0. The van der Waals surface area contributed by atoms with Gasteiger partial charge in [-0.1, -0.05) is 44.2 Å². The molecular formula is C18H30ClNO3.